The number of nitrogens with two attached hydrogens (primary N) is 1. The van der Waals surface area contributed by atoms with Crippen molar-refractivity contribution < 1.29 is 0 Å². The molecule has 0 saturated carbocycles. The van der Waals surface area contributed by atoms with Gasteiger partial charge in [-0.3, -0.25) is 0 Å². The minimum Gasteiger partial charge on any atom is -0.328 e. The molecule has 0 aliphatic carbocycles. The number of likely N-dealkylation sites (tertiary alicyclic amines) is 1. The molecule has 1 heterocycles. The first-order chi connectivity index (χ1) is 6.50. The predicted molar refractivity (Wildman–Crippen MR) is 62.2 cm³/mol. The summed E-state index contributed by atoms with van der Waals surface area (Å²) in [5.41, 5.74) is 5.88. The second-order valence-electron chi connectivity index (χ2n) is 5.39. The van der Waals surface area contributed by atoms with Gasteiger partial charge in [0, 0.05) is 19.1 Å². The molecule has 0 bridgehead atoms. The summed E-state index contributed by atoms with van der Waals surface area (Å²) in [6, 6.07) is 0.327. The maximum absolute atomic E-state index is 5.88. The van der Waals surface area contributed by atoms with E-state index in [-0.39, 0.29) is 0 Å². The molecule has 84 valence electrons. The first-order valence-corrected chi connectivity index (χ1v) is 5.98. The van der Waals surface area contributed by atoms with E-state index in [9.17, 15) is 0 Å². The van der Waals surface area contributed by atoms with Crippen LogP contribution in [0.2, 0.25) is 0 Å². The lowest BCUT2D eigenvalue weighted by atomic mass is 9.95. The molecule has 3 unspecified atom stereocenters. The van der Waals surface area contributed by atoms with Gasteiger partial charge in [0.25, 0.3) is 0 Å². The summed E-state index contributed by atoms with van der Waals surface area (Å²) in [5.74, 6) is 2.38. The van der Waals surface area contributed by atoms with Gasteiger partial charge >= 0.3 is 0 Å². The van der Waals surface area contributed by atoms with E-state index in [1.165, 1.54) is 26.1 Å². The highest BCUT2D eigenvalue weighted by Gasteiger charge is 2.25. The molecule has 0 aromatic heterocycles. The zero-order valence-corrected chi connectivity index (χ0v) is 10.2. The van der Waals surface area contributed by atoms with Crippen LogP contribution in [-0.2, 0) is 0 Å². The third kappa shape index (κ3) is 3.25. The largest absolute Gasteiger partial charge is 0.328 e. The van der Waals surface area contributed by atoms with Crippen molar-refractivity contribution in [1.82, 2.24) is 4.90 Å². The van der Waals surface area contributed by atoms with Gasteiger partial charge in [-0.15, -0.1) is 0 Å². The number of hydrogen-bond donors (Lipinski definition) is 1. The quantitative estimate of drug-likeness (QED) is 0.748. The van der Waals surface area contributed by atoms with Crippen LogP contribution in [0.25, 0.3) is 0 Å². The van der Waals surface area contributed by atoms with Crippen molar-refractivity contribution in [1.29, 1.82) is 0 Å². The van der Waals surface area contributed by atoms with Crippen molar-refractivity contribution in [3.63, 3.8) is 0 Å². The summed E-state index contributed by atoms with van der Waals surface area (Å²) in [6.07, 6.45) is 1.38. The van der Waals surface area contributed by atoms with Crippen LogP contribution in [0, 0.1) is 17.8 Å². The minimum absolute atomic E-state index is 0.327. The lowest BCUT2D eigenvalue weighted by Crippen LogP contribution is -2.35. The van der Waals surface area contributed by atoms with Gasteiger partial charge in [-0.1, -0.05) is 20.8 Å². The molecule has 0 radical (unpaired) electrons. The standard InChI is InChI=1S/C12H26N2/c1-9(2)12-5-6-14(8-12)7-10(3)11(4)13/h9-12H,5-8,13H2,1-4H3. The average molecular weight is 198 g/mol. The molecule has 2 N–H and O–H groups in total. The summed E-state index contributed by atoms with van der Waals surface area (Å²) >= 11 is 0. The SMILES string of the molecule is CC(C)C1CCN(CC(C)C(C)N)C1. The molecule has 0 spiro atoms. The molecule has 1 rings (SSSR count). The normalized spacial score (nSPS) is 28.3. The molecule has 0 amide bonds. The van der Waals surface area contributed by atoms with Crippen molar-refractivity contribution in [2.45, 2.75) is 40.2 Å². The summed E-state index contributed by atoms with van der Waals surface area (Å²) in [5, 5.41) is 0. The minimum atomic E-state index is 0.327. The summed E-state index contributed by atoms with van der Waals surface area (Å²) in [4.78, 5) is 2.58. The average Bonchev–Trinajstić information content (AvgIpc) is 2.52. The van der Waals surface area contributed by atoms with Crippen LogP contribution in [0.5, 0.6) is 0 Å². The van der Waals surface area contributed by atoms with Crippen LogP contribution in [0.3, 0.4) is 0 Å². The monoisotopic (exact) mass is 198 g/mol. The first-order valence-electron chi connectivity index (χ1n) is 5.98. The number of hydrogen-bond acceptors (Lipinski definition) is 2. The van der Waals surface area contributed by atoms with E-state index in [0.29, 0.717) is 12.0 Å². The lowest BCUT2D eigenvalue weighted by molar-refractivity contribution is 0.252. The van der Waals surface area contributed by atoms with E-state index in [2.05, 4.69) is 32.6 Å². The van der Waals surface area contributed by atoms with E-state index < -0.39 is 0 Å². The van der Waals surface area contributed by atoms with Crippen LogP contribution >= 0.6 is 0 Å². The Morgan fingerprint density at radius 2 is 1.93 bits per heavy atom. The van der Waals surface area contributed by atoms with Crippen molar-refractivity contribution in [2.24, 2.45) is 23.5 Å². The second-order valence-corrected chi connectivity index (χ2v) is 5.39. The van der Waals surface area contributed by atoms with Gasteiger partial charge in [-0.05, 0) is 37.6 Å². The maximum atomic E-state index is 5.88. The predicted octanol–water partition coefficient (Wildman–Crippen LogP) is 1.95. The molecule has 0 aromatic carbocycles. The van der Waals surface area contributed by atoms with Crippen LogP contribution in [0.4, 0.5) is 0 Å². The third-order valence-corrected chi connectivity index (χ3v) is 3.70. The fourth-order valence-electron chi connectivity index (χ4n) is 2.15. The Labute approximate surface area is 88.8 Å². The van der Waals surface area contributed by atoms with E-state index in [1.807, 2.05) is 0 Å². The molecule has 14 heavy (non-hydrogen) atoms. The Morgan fingerprint density at radius 1 is 1.29 bits per heavy atom. The third-order valence-electron chi connectivity index (χ3n) is 3.70. The van der Waals surface area contributed by atoms with Crippen LogP contribution in [0.1, 0.15) is 34.1 Å². The highest BCUT2D eigenvalue weighted by atomic mass is 15.1. The summed E-state index contributed by atoms with van der Waals surface area (Å²) < 4.78 is 0. The zero-order chi connectivity index (χ0) is 10.7. The van der Waals surface area contributed by atoms with Gasteiger partial charge in [0.1, 0.15) is 0 Å². The van der Waals surface area contributed by atoms with E-state index >= 15 is 0 Å². The van der Waals surface area contributed by atoms with Gasteiger partial charge < -0.3 is 10.6 Å². The second kappa shape index (κ2) is 5.13. The molecule has 1 aliphatic heterocycles. The van der Waals surface area contributed by atoms with Crippen LogP contribution in [-0.4, -0.2) is 30.6 Å². The number of rotatable bonds is 4. The number of nitrogens with zero attached hydrogens (tertiary/aromatic N) is 1. The fourth-order valence-corrected chi connectivity index (χ4v) is 2.15. The molecule has 3 atom stereocenters. The first kappa shape index (κ1) is 12.0. The Hall–Kier alpha value is -0.0800. The Morgan fingerprint density at radius 3 is 2.36 bits per heavy atom. The van der Waals surface area contributed by atoms with Crippen LogP contribution < -0.4 is 5.73 Å². The highest BCUT2D eigenvalue weighted by Crippen LogP contribution is 2.24. The van der Waals surface area contributed by atoms with E-state index in [0.717, 1.165) is 11.8 Å². The molecule has 1 aliphatic rings. The topological polar surface area (TPSA) is 29.3 Å². The van der Waals surface area contributed by atoms with Crippen molar-refractivity contribution >= 4 is 0 Å². The zero-order valence-electron chi connectivity index (χ0n) is 10.2. The van der Waals surface area contributed by atoms with Crippen molar-refractivity contribution in [3.05, 3.63) is 0 Å². The molecule has 2 heteroatoms. The van der Waals surface area contributed by atoms with E-state index in [4.69, 9.17) is 5.73 Å². The van der Waals surface area contributed by atoms with Gasteiger partial charge in [0.2, 0.25) is 0 Å². The highest BCUT2D eigenvalue weighted by molar-refractivity contribution is 4.79. The van der Waals surface area contributed by atoms with Crippen molar-refractivity contribution in [2.75, 3.05) is 19.6 Å². The molecule has 1 saturated heterocycles. The Bertz CT molecular complexity index is 166. The van der Waals surface area contributed by atoms with Gasteiger partial charge in [-0.25, -0.2) is 0 Å². The van der Waals surface area contributed by atoms with Crippen LogP contribution in [0.15, 0.2) is 0 Å². The summed E-state index contributed by atoms with van der Waals surface area (Å²) in [7, 11) is 0. The maximum Gasteiger partial charge on any atom is 0.00483 e. The smallest absolute Gasteiger partial charge is 0.00483 e. The van der Waals surface area contributed by atoms with E-state index in [1.54, 1.807) is 0 Å². The summed E-state index contributed by atoms with van der Waals surface area (Å²) in [6.45, 7) is 12.8. The van der Waals surface area contributed by atoms with Gasteiger partial charge in [0.05, 0.1) is 0 Å². The molecular weight excluding hydrogens is 172 g/mol. The van der Waals surface area contributed by atoms with Gasteiger partial charge in [-0.2, -0.15) is 0 Å². The Balaban J connectivity index is 2.29. The fraction of sp³-hybridized carbons (Fsp3) is 1.00. The van der Waals surface area contributed by atoms with Crippen molar-refractivity contribution in [3.8, 4) is 0 Å². The molecule has 0 aromatic rings. The lowest BCUT2D eigenvalue weighted by Gasteiger charge is -2.23. The molecule has 1 fully saturated rings. The molecular formula is C12H26N2. The Kier molecular flexibility index (Phi) is 4.39. The van der Waals surface area contributed by atoms with Gasteiger partial charge in [0.15, 0.2) is 0 Å². The molecule has 2 nitrogen and oxygen atoms in total.